The van der Waals surface area contributed by atoms with Crippen molar-refractivity contribution < 1.29 is 4.79 Å². The minimum absolute atomic E-state index is 0.194. The van der Waals surface area contributed by atoms with Crippen LogP contribution in [0.2, 0.25) is 0 Å². The van der Waals surface area contributed by atoms with Crippen LogP contribution in [-0.4, -0.2) is 26.9 Å². The molecule has 3 rings (SSSR count). The fraction of sp³-hybridized carbons (Fsp3) is 0.222. The fourth-order valence-corrected chi connectivity index (χ4v) is 3.45. The van der Waals surface area contributed by atoms with Gasteiger partial charge in [0.1, 0.15) is 5.69 Å². The van der Waals surface area contributed by atoms with Gasteiger partial charge in [-0.15, -0.1) is 23.1 Å². The molecule has 6 nitrogen and oxygen atoms in total. The molecule has 0 radical (unpaired) electrons. The maximum atomic E-state index is 12.4. The highest BCUT2D eigenvalue weighted by Gasteiger charge is 2.12. The van der Waals surface area contributed by atoms with Gasteiger partial charge in [-0.05, 0) is 30.9 Å². The maximum Gasteiger partial charge on any atom is 0.277 e. The zero-order valence-corrected chi connectivity index (χ0v) is 16.1. The van der Waals surface area contributed by atoms with E-state index in [0.717, 1.165) is 17.7 Å². The summed E-state index contributed by atoms with van der Waals surface area (Å²) in [6, 6.07) is 10.9. The molecule has 3 aromatic rings. The van der Waals surface area contributed by atoms with Gasteiger partial charge in [0.05, 0.1) is 5.69 Å². The van der Waals surface area contributed by atoms with Gasteiger partial charge in [0, 0.05) is 28.5 Å². The average molecular weight is 387 g/mol. The van der Waals surface area contributed by atoms with E-state index in [2.05, 4.69) is 15.4 Å². The number of carbonyl (C=O) groups is 1. The molecule has 0 aliphatic carbocycles. The maximum absolute atomic E-state index is 12.4. The molecule has 8 heteroatoms. The van der Waals surface area contributed by atoms with E-state index in [9.17, 15) is 9.59 Å². The highest BCUT2D eigenvalue weighted by molar-refractivity contribution is 7.98. The molecule has 1 amide bonds. The quantitative estimate of drug-likeness (QED) is 0.653. The first-order valence-electron chi connectivity index (χ1n) is 8.10. The van der Waals surface area contributed by atoms with Crippen molar-refractivity contribution in [3.8, 4) is 11.3 Å². The van der Waals surface area contributed by atoms with Crippen LogP contribution < -0.4 is 10.9 Å². The monoisotopic (exact) mass is 386 g/mol. The molecule has 134 valence electrons. The van der Waals surface area contributed by atoms with Crippen molar-refractivity contribution in [2.24, 2.45) is 0 Å². The van der Waals surface area contributed by atoms with Crippen LogP contribution in [0.1, 0.15) is 23.8 Å². The van der Waals surface area contributed by atoms with Crippen LogP contribution in [0.3, 0.4) is 0 Å². The minimum atomic E-state index is -0.381. The standard InChI is InChI=1S/C18H18N4O2S2/c1-3-10-22-16(23)9-8-14(21-22)17(24)20-18-19-15(11-26-18)12-4-6-13(25-2)7-5-12/h4-9,11H,3,10H2,1-2H3,(H,19,20,24). The van der Waals surface area contributed by atoms with Gasteiger partial charge in [0.2, 0.25) is 0 Å². The van der Waals surface area contributed by atoms with E-state index in [1.807, 2.05) is 42.8 Å². The Labute approximate surface area is 159 Å². The van der Waals surface area contributed by atoms with Crippen molar-refractivity contribution in [2.75, 3.05) is 11.6 Å². The smallest absolute Gasteiger partial charge is 0.277 e. The molecule has 0 saturated heterocycles. The lowest BCUT2D eigenvalue weighted by atomic mass is 10.2. The molecule has 2 heterocycles. The Bertz CT molecular complexity index is 964. The predicted octanol–water partition coefficient (Wildman–Crippen LogP) is 3.75. The number of hydrogen-bond donors (Lipinski definition) is 1. The van der Waals surface area contributed by atoms with Gasteiger partial charge < -0.3 is 0 Å². The van der Waals surface area contributed by atoms with Gasteiger partial charge >= 0.3 is 0 Å². The van der Waals surface area contributed by atoms with Gasteiger partial charge in [-0.1, -0.05) is 19.1 Å². The van der Waals surface area contributed by atoms with Crippen molar-refractivity contribution in [3.05, 3.63) is 57.8 Å². The molecule has 0 spiro atoms. The first kappa shape index (κ1) is 18.3. The number of nitrogens with one attached hydrogen (secondary N) is 1. The topological polar surface area (TPSA) is 76.9 Å². The molecule has 0 aliphatic rings. The highest BCUT2D eigenvalue weighted by atomic mass is 32.2. The third-order valence-electron chi connectivity index (χ3n) is 3.65. The number of anilines is 1. The van der Waals surface area contributed by atoms with Gasteiger partial charge in [-0.3, -0.25) is 14.9 Å². The number of amides is 1. The van der Waals surface area contributed by atoms with E-state index < -0.39 is 0 Å². The summed E-state index contributed by atoms with van der Waals surface area (Å²) in [5, 5.41) is 9.25. The summed E-state index contributed by atoms with van der Waals surface area (Å²) in [5.41, 5.74) is 1.78. The number of thiazole rings is 1. The number of benzene rings is 1. The van der Waals surface area contributed by atoms with Crippen LogP contribution >= 0.6 is 23.1 Å². The molecule has 0 aliphatic heterocycles. The summed E-state index contributed by atoms with van der Waals surface area (Å²) in [5.74, 6) is -0.381. The van der Waals surface area contributed by atoms with E-state index in [0.29, 0.717) is 11.7 Å². The first-order valence-corrected chi connectivity index (χ1v) is 10.2. The second-order valence-corrected chi connectivity index (χ2v) is 7.24. The van der Waals surface area contributed by atoms with Crippen molar-refractivity contribution in [1.82, 2.24) is 14.8 Å². The van der Waals surface area contributed by atoms with E-state index in [4.69, 9.17) is 0 Å². The zero-order chi connectivity index (χ0) is 18.5. The van der Waals surface area contributed by atoms with Crippen LogP contribution in [0.15, 0.2) is 51.5 Å². The molecule has 0 atom stereocenters. The van der Waals surface area contributed by atoms with Crippen molar-refractivity contribution >= 4 is 34.1 Å². The molecule has 1 aromatic carbocycles. The van der Waals surface area contributed by atoms with Crippen molar-refractivity contribution in [3.63, 3.8) is 0 Å². The molecular weight excluding hydrogens is 368 g/mol. The summed E-state index contributed by atoms with van der Waals surface area (Å²) in [6.45, 7) is 2.43. The number of hydrogen-bond acceptors (Lipinski definition) is 6. The Morgan fingerprint density at radius 1 is 1.23 bits per heavy atom. The fourth-order valence-electron chi connectivity index (χ4n) is 2.33. The summed E-state index contributed by atoms with van der Waals surface area (Å²) < 4.78 is 1.30. The first-order chi connectivity index (χ1) is 12.6. The summed E-state index contributed by atoms with van der Waals surface area (Å²) in [4.78, 5) is 29.7. The summed E-state index contributed by atoms with van der Waals surface area (Å²) in [7, 11) is 0. The molecule has 0 fully saturated rings. The lowest BCUT2D eigenvalue weighted by Gasteiger charge is -2.05. The number of aromatic nitrogens is 3. The predicted molar refractivity (Wildman–Crippen MR) is 106 cm³/mol. The number of thioether (sulfide) groups is 1. The van der Waals surface area contributed by atoms with E-state index in [1.165, 1.54) is 33.0 Å². The highest BCUT2D eigenvalue weighted by Crippen LogP contribution is 2.26. The molecule has 2 aromatic heterocycles. The SMILES string of the molecule is CCCn1nc(C(=O)Nc2nc(-c3ccc(SC)cc3)cs2)ccc1=O. The molecule has 0 unspecified atom stereocenters. The van der Waals surface area contributed by atoms with E-state index >= 15 is 0 Å². The average Bonchev–Trinajstić information content (AvgIpc) is 3.12. The second-order valence-electron chi connectivity index (χ2n) is 5.50. The molecule has 26 heavy (non-hydrogen) atoms. The Hall–Kier alpha value is -2.45. The van der Waals surface area contributed by atoms with Gasteiger partial charge in [-0.25, -0.2) is 9.67 Å². The molecule has 0 bridgehead atoms. The van der Waals surface area contributed by atoms with E-state index in [-0.39, 0.29) is 17.2 Å². The van der Waals surface area contributed by atoms with Crippen molar-refractivity contribution in [1.29, 1.82) is 0 Å². The molecular formula is C18H18N4O2S2. The molecule has 0 saturated carbocycles. The largest absolute Gasteiger partial charge is 0.296 e. The van der Waals surface area contributed by atoms with Crippen LogP contribution in [0.5, 0.6) is 0 Å². The second kappa shape index (κ2) is 8.29. The number of rotatable bonds is 6. The Kier molecular flexibility index (Phi) is 5.85. The Morgan fingerprint density at radius 2 is 2.00 bits per heavy atom. The Morgan fingerprint density at radius 3 is 2.69 bits per heavy atom. The van der Waals surface area contributed by atoms with Crippen LogP contribution in [0.4, 0.5) is 5.13 Å². The Balaban J connectivity index is 1.75. The number of carbonyl (C=O) groups excluding carboxylic acids is 1. The normalized spacial score (nSPS) is 10.7. The van der Waals surface area contributed by atoms with Gasteiger partial charge in [0.15, 0.2) is 5.13 Å². The van der Waals surface area contributed by atoms with Gasteiger partial charge in [0.25, 0.3) is 11.5 Å². The molecule has 1 N–H and O–H groups in total. The summed E-state index contributed by atoms with van der Waals surface area (Å²) >= 11 is 3.03. The van der Waals surface area contributed by atoms with Crippen LogP contribution in [0, 0.1) is 0 Å². The number of nitrogens with zero attached hydrogens (tertiary/aromatic N) is 3. The third-order valence-corrected chi connectivity index (χ3v) is 5.15. The van der Waals surface area contributed by atoms with E-state index in [1.54, 1.807) is 11.8 Å². The third kappa shape index (κ3) is 4.20. The summed E-state index contributed by atoms with van der Waals surface area (Å²) in [6.07, 6.45) is 2.80. The van der Waals surface area contributed by atoms with Crippen LogP contribution in [-0.2, 0) is 6.54 Å². The van der Waals surface area contributed by atoms with Gasteiger partial charge in [-0.2, -0.15) is 5.10 Å². The van der Waals surface area contributed by atoms with Crippen LogP contribution in [0.25, 0.3) is 11.3 Å². The minimum Gasteiger partial charge on any atom is -0.296 e. The lowest BCUT2D eigenvalue weighted by molar-refractivity contribution is 0.101. The lowest BCUT2D eigenvalue weighted by Crippen LogP contribution is -2.26. The number of aryl methyl sites for hydroxylation is 1. The van der Waals surface area contributed by atoms with Crippen molar-refractivity contribution in [2.45, 2.75) is 24.8 Å². The zero-order valence-electron chi connectivity index (χ0n) is 14.4.